The van der Waals surface area contributed by atoms with Gasteiger partial charge in [-0.15, -0.1) is 0 Å². The van der Waals surface area contributed by atoms with Crippen LogP contribution in [0.25, 0.3) is 10.8 Å². The van der Waals surface area contributed by atoms with E-state index in [0.29, 0.717) is 11.0 Å². The molecule has 130 valence electrons. The molecule has 1 saturated carbocycles. The Kier molecular flexibility index (Phi) is 6.04. The Morgan fingerprint density at radius 1 is 1.04 bits per heavy atom. The van der Waals surface area contributed by atoms with Crippen molar-refractivity contribution in [3.63, 3.8) is 0 Å². The average molecular weight is 326 g/mol. The second kappa shape index (κ2) is 7.83. The van der Waals surface area contributed by atoms with Gasteiger partial charge in [0.25, 0.3) is 0 Å². The van der Waals surface area contributed by atoms with Crippen molar-refractivity contribution in [1.82, 2.24) is 0 Å². The van der Waals surface area contributed by atoms with Crippen LogP contribution in [-0.2, 0) is 0 Å². The summed E-state index contributed by atoms with van der Waals surface area (Å²) in [6, 6.07) is 8.80. The second-order valence-electron chi connectivity index (χ2n) is 8.06. The van der Waals surface area contributed by atoms with E-state index < -0.39 is 0 Å². The van der Waals surface area contributed by atoms with Crippen molar-refractivity contribution in [3.8, 4) is 5.75 Å². The van der Waals surface area contributed by atoms with Crippen LogP contribution in [0.15, 0.2) is 30.3 Å². The van der Waals surface area contributed by atoms with Gasteiger partial charge in [0, 0.05) is 5.56 Å². The number of phenols is 1. The Morgan fingerprint density at radius 2 is 1.71 bits per heavy atom. The van der Waals surface area contributed by atoms with Gasteiger partial charge in [-0.1, -0.05) is 52.2 Å². The standard InChI is InChI=1S/C12H10O2.C10H20/c1-8-4-11(14)6-10-3-2-9(7-13)5-12(8)10;1-10(2,3)9-7-5-4-6-8-9/h2-7,14H,1H3;9H,4-8H2,1-3H3. The van der Waals surface area contributed by atoms with Crippen LogP contribution >= 0.6 is 0 Å². The van der Waals surface area contributed by atoms with Crippen LogP contribution in [0.2, 0.25) is 0 Å². The summed E-state index contributed by atoms with van der Waals surface area (Å²) in [5.41, 5.74) is 2.20. The molecule has 0 heterocycles. The second-order valence-corrected chi connectivity index (χ2v) is 8.06. The molecule has 0 radical (unpaired) electrons. The zero-order valence-corrected chi connectivity index (χ0v) is 15.4. The number of hydrogen-bond acceptors (Lipinski definition) is 2. The highest BCUT2D eigenvalue weighted by Gasteiger charge is 2.25. The number of hydrogen-bond donors (Lipinski definition) is 1. The fraction of sp³-hybridized carbons (Fsp3) is 0.500. The van der Waals surface area contributed by atoms with Crippen molar-refractivity contribution in [2.45, 2.75) is 59.8 Å². The Hall–Kier alpha value is -1.83. The molecule has 0 aliphatic heterocycles. The highest BCUT2D eigenvalue weighted by atomic mass is 16.3. The van der Waals surface area contributed by atoms with Crippen molar-refractivity contribution >= 4 is 17.1 Å². The van der Waals surface area contributed by atoms with Gasteiger partial charge >= 0.3 is 0 Å². The van der Waals surface area contributed by atoms with Crippen molar-refractivity contribution in [2.75, 3.05) is 0 Å². The molecule has 0 spiro atoms. The minimum atomic E-state index is 0.258. The highest BCUT2D eigenvalue weighted by Crippen LogP contribution is 2.37. The number of aromatic hydroxyl groups is 1. The van der Waals surface area contributed by atoms with Crippen molar-refractivity contribution in [1.29, 1.82) is 0 Å². The first-order chi connectivity index (χ1) is 11.3. The number of aldehydes is 1. The van der Waals surface area contributed by atoms with Crippen molar-refractivity contribution < 1.29 is 9.90 Å². The van der Waals surface area contributed by atoms with E-state index in [9.17, 15) is 9.90 Å². The maximum Gasteiger partial charge on any atom is 0.150 e. The van der Waals surface area contributed by atoms with E-state index in [-0.39, 0.29) is 5.75 Å². The normalized spacial score (nSPS) is 15.7. The molecule has 1 aliphatic rings. The number of carbonyl (C=O) groups is 1. The molecule has 1 N–H and O–H groups in total. The topological polar surface area (TPSA) is 37.3 Å². The molecular formula is C22H30O2. The van der Waals surface area contributed by atoms with Crippen LogP contribution in [-0.4, -0.2) is 11.4 Å². The predicted molar refractivity (Wildman–Crippen MR) is 102 cm³/mol. The zero-order valence-electron chi connectivity index (χ0n) is 15.4. The maximum atomic E-state index is 10.6. The fourth-order valence-electron chi connectivity index (χ4n) is 3.58. The SMILES string of the molecule is CC(C)(C)C1CCCCC1.Cc1cc(O)cc2ccc(C=O)cc12. The Bertz CT molecular complexity index is 689. The zero-order chi connectivity index (χ0) is 17.7. The molecule has 0 saturated heterocycles. The number of aryl methyl sites for hydroxylation is 1. The summed E-state index contributed by atoms with van der Waals surface area (Å²) in [5, 5.41) is 11.3. The molecule has 0 unspecified atom stereocenters. The summed E-state index contributed by atoms with van der Waals surface area (Å²) in [5.74, 6) is 1.26. The Morgan fingerprint density at radius 3 is 2.25 bits per heavy atom. The highest BCUT2D eigenvalue weighted by molar-refractivity contribution is 5.91. The summed E-state index contributed by atoms with van der Waals surface area (Å²) in [6.45, 7) is 9.05. The lowest BCUT2D eigenvalue weighted by Gasteiger charge is -2.33. The molecular weight excluding hydrogens is 296 g/mol. The lowest BCUT2D eigenvalue weighted by Crippen LogP contribution is -2.22. The third-order valence-corrected chi connectivity index (χ3v) is 5.14. The Labute approximate surface area is 145 Å². The van der Waals surface area contributed by atoms with Crippen LogP contribution in [0.3, 0.4) is 0 Å². The minimum absolute atomic E-state index is 0.258. The number of benzene rings is 2. The average Bonchev–Trinajstić information content (AvgIpc) is 2.55. The first-order valence-electron chi connectivity index (χ1n) is 9.00. The van der Waals surface area contributed by atoms with Gasteiger partial charge in [-0.25, -0.2) is 0 Å². The molecule has 2 heteroatoms. The van der Waals surface area contributed by atoms with Gasteiger partial charge in [-0.2, -0.15) is 0 Å². The molecule has 0 amide bonds. The molecule has 3 rings (SSSR count). The number of phenolic OH excluding ortho intramolecular Hbond substituents is 1. The first kappa shape index (κ1) is 18.5. The van der Waals surface area contributed by atoms with Crippen LogP contribution in [0.4, 0.5) is 0 Å². The monoisotopic (exact) mass is 326 g/mol. The van der Waals surface area contributed by atoms with Gasteiger partial charge in [0.15, 0.2) is 0 Å². The smallest absolute Gasteiger partial charge is 0.150 e. The number of carbonyl (C=O) groups excluding carboxylic acids is 1. The fourth-order valence-corrected chi connectivity index (χ4v) is 3.58. The van der Waals surface area contributed by atoms with E-state index in [1.807, 2.05) is 19.1 Å². The quantitative estimate of drug-likeness (QED) is 0.626. The molecule has 0 aromatic heterocycles. The van der Waals surface area contributed by atoms with Gasteiger partial charge in [0.05, 0.1) is 0 Å². The largest absolute Gasteiger partial charge is 0.508 e. The van der Waals surface area contributed by atoms with E-state index in [4.69, 9.17) is 0 Å². The van der Waals surface area contributed by atoms with Crippen LogP contribution in [0.1, 0.15) is 68.8 Å². The van der Waals surface area contributed by atoms with E-state index in [1.54, 1.807) is 18.2 Å². The van der Waals surface area contributed by atoms with Crippen LogP contribution in [0, 0.1) is 18.3 Å². The van der Waals surface area contributed by atoms with Crippen molar-refractivity contribution in [3.05, 3.63) is 41.5 Å². The molecule has 2 nitrogen and oxygen atoms in total. The lowest BCUT2D eigenvalue weighted by molar-refractivity contribution is 0.112. The molecule has 1 aliphatic carbocycles. The molecule has 0 atom stereocenters. The van der Waals surface area contributed by atoms with Gasteiger partial charge < -0.3 is 5.11 Å². The molecule has 2 aromatic rings. The van der Waals surface area contributed by atoms with Crippen LogP contribution < -0.4 is 0 Å². The van der Waals surface area contributed by atoms with E-state index in [2.05, 4.69) is 20.8 Å². The minimum Gasteiger partial charge on any atom is -0.508 e. The van der Waals surface area contributed by atoms with Crippen LogP contribution in [0.5, 0.6) is 5.75 Å². The summed E-state index contributed by atoms with van der Waals surface area (Å²) in [7, 11) is 0. The summed E-state index contributed by atoms with van der Waals surface area (Å²) in [6.07, 6.45) is 8.20. The number of rotatable bonds is 1. The maximum absolute atomic E-state index is 10.6. The molecule has 24 heavy (non-hydrogen) atoms. The Balaban J connectivity index is 0.000000185. The van der Waals surface area contributed by atoms with E-state index >= 15 is 0 Å². The van der Waals surface area contributed by atoms with Gasteiger partial charge in [-0.05, 0) is 65.6 Å². The van der Waals surface area contributed by atoms with Gasteiger partial charge in [0.1, 0.15) is 12.0 Å². The molecule has 2 aromatic carbocycles. The number of fused-ring (bicyclic) bond motifs is 1. The van der Waals surface area contributed by atoms with Gasteiger partial charge in [0.2, 0.25) is 0 Å². The summed E-state index contributed by atoms with van der Waals surface area (Å²) in [4.78, 5) is 10.6. The van der Waals surface area contributed by atoms with Crippen molar-refractivity contribution in [2.24, 2.45) is 11.3 Å². The molecule has 1 fully saturated rings. The third-order valence-electron chi connectivity index (χ3n) is 5.14. The predicted octanol–water partition coefficient (Wildman–Crippen LogP) is 6.28. The first-order valence-corrected chi connectivity index (χ1v) is 9.00. The van der Waals surface area contributed by atoms with E-state index in [0.717, 1.165) is 28.5 Å². The van der Waals surface area contributed by atoms with Gasteiger partial charge in [-0.3, -0.25) is 4.79 Å². The molecule has 0 bridgehead atoms. The van der Waals surface area contributed by atoms with E-state index in [1.165, 1.54) is 32.1 Å². The lowest BCUT2D eigenvalue weighted by atomic mass is 9.72. The third kappa shape index (κ3) is 4.83. The summed E-state index contributed by atoms with van der Waals surface area (Å²) >= 11 is 0. The summed E-state index contributed by atoms with van der Waals surface area (Å²) < 4.78 is 0.